The van der Waals surface area contributed by atoms with E-state index in [1.165, 1.54) is 6.07 Å². The van der Waals surface area contributed by atoms with Gasteiger partial charge in [-0.15, -0.1) is 0 Å². The maximum absolute atomic E-state index is 13.1. The number of pyridine rings is 1. The summed E-state index contributed by atoms with van der Waals surface area (Å²) in [5.41, 5.74) is 0.919. The Morgan fingerprint density at radius 2 is 1.77 bits per heavy atom. The van der Waals surface area contributed by atoms with E-state index < -0.39 is 22.0 Å². The Bertz CT molecular complexity index is 1120. The fourth-order valence-corrected chi connectivity index (χ4v) is 4.56. The predicted molar refractivity (Wildman–Crippen MR) is 117 cm³/mol. The van der Waals surface area contributed by atoms with Gasteiger partial charge in [-0.25, -0.2) is 8.42 Å². The molecule has 1 amide bonds. The van der Waals surface area contributed by atoms with Crippen molar-refractivity contribution < 1.29 is 17.9 Å². The first kappa shape index (κ1) is 21.7. The summed E-state index contributed by atoms with van der Waals surface area (Å²) in [7, 11) is -3.98. The van der Waals surface area contributed by atoms with Crippen LogP contribution >= 0.6 is 0 Å². The molecule has 3 rings (SSSR count). The van der Waals surface area contributed by atoms with Gasteiger partial charge in [-0.1, -0.05) is 32.0 Å². The molecule has 2 N–H and O–H groups in total. The molecule has 0 bridgehead atoms. The van der Waals surface area contributed by atoms with Crippen molar-refractivity contribution in [1.82, 2.24) is 9.71 Å². The van der Waals surface area contributed by atoms with Crippen LogP contribution in [-0.4, -0.2) is 32.0 Å². The zero-order chi connectivity index (χ0) is 21.7. The number of anilines is 1. The number of nitrogens with one attached hydrogen (secondary N) is 2. The van der Waals surface area contributed by atoms with Crippen molar-refractivity contribution in [3.63, 3.8) is 0 Å². The van der Waals surface area contributed by atoms with Gasteiger partial charge in [0, 0.05) is 17.3 Å². The smallest absolute Gasteiger partial charge is 0.243 e. The van der Waals surface area contributed by atoms with E-state index in [0.29, 0.717) is 28.9 Å². The molecule has 1 atom stereocenters. The number of aromatic nitrogens is 1. The van der Waals surface area contributed by atoms with Gasteiger partial charge in [0.05, 0.1) is 12.1 Å². The van der Waals surface area contributed by atoms with Crippen LogP contribution in [0.2, 0.25) is 0 Å². The molecule has 0 spiro atoms. The van der Waals surface area contributed by atoms with Gasteiger partial charge >= 0.3 is 0 Å². The van der Waals surface area contributed by atoms with E-state index in [1.807, 2.05) is 6.92 Å². The van der Waals surface area contributed by atoms with Crippen LogP contribution in [0, 0.1) is 5.92 Å². The van der Waals surface area contributed by atoms with Crippen molar-refractivity contribution in [1.29, 1.82) is 0 Å². The molecule has 0 aliphatic heterocycles. The standard InChI is InChI=1S/C22H25N3O4S/c1-4-29-18-12-10-17(11-13-18)24-22(26)20(15(2)3)25-30(27,28)19-9-5-7-16-8-6-14-23-21(16)19/h5-15,20,25H,4H2,1-3H3,(H,24,26)/t20-/m1/s1. The molecular weight excluding hydrogens is 402 g/mol. The second kappa shape index (κ2) is 9.23. The lowest BCUT2D eigenvalue weighted by molar-refractivity contribution is -0.118. The van der Waals surface area contributed by atoms with Gasteiger partial charge in [-0.05, 0) is 49.2 Å². The highest BCUT2D eigenvalue weighted by atomic mass is 32.2. The van der Waals surface area contributed by atoms with E-state index in [-0.39, 0.29) is 10.8 Å². The van der Waals surface area contributed by atoms with Crippen molar-refractivity contribution in [2.45, 2.75) is 31.7 Å². The molecule has 30 heavy (non-hydrogen) atoms. The highest BCUT2D eigenvalue weighted by Crippen LogP contribution is 2.22. The van der Waals surface area contributed by atoms with Gasteiger partial charge in [-0.2, -0.15) is 4.72 Å². The van der Waals surface area contributed by atoms with E-state index in [2.05, 4.69) is 15.0 Å². The summed E-state index contributed by atoms with van der Waals surface area (Å²) in [5, 5.41) is 3.48. The first-order valence-electron chi connectivity index (χ1n) is 9.71. The number of benzene rings is 2. The zero-order valence-electron chi connectivity index (χ0n) is 17.1. The Labute approximate surface area is 176 Å². The number of ether oxygens (including phenoxy) is 1. The quantitative estimate of drug-likeness (QED) is 0.573. The lowest BCUT2D eigenvalue weighted by atomic mass is 10.0. The molecule has 7 nitrogen and oxygen atoms in total. The minimum atomic E-state index is -3.98. The maximum Gasteiger partial charge on any atom is 0.243 e. The average molecular weight is 428 g/mol. The van der Waals surface area contributed by atoms with Crippen LogP contribution in [0.1, 0.15) is 20.8 Å². The van der Waals surface area contributed by atoms with Gasteiger partial charge in [0.2, 0.25) is 15.9 Å². The number of carbonyl (C=O) groups is 1. The molecule has 3 aromatic rings. The van der Waals surface area contributed by atoms with Crippen molar-refractivity contribution in [3.05, 3.63) is 60.8 Å². The molecule has 0 fully saturated rings. The van der Waals surface area contributed by atoms with E-state index in [4.69, 9.17) is 4.74 Å². The SMILES string of the molecule is CCOc1ccc(NC(=O)[C@H](NS(=O)(=O)c2cccc3cccnc23)C(C)C)cc1. The van der Waals surface area contributed by atoms with E-state index in [1.54, 1.807) is 68.6 Å². The number of fused-ring (bicyclic) bond motifs is 1. The Morgan fingerprint density at radius 3 is 2.43 bits per heavy atom. The first-order chi connectivity index (χ1) is 14.3. The van der Waals surface area contributed by atoms with Crippen molar-refractivity contribution in [2.75, 3.05) is 11.9 Å². The number of nitrogens with zero attached hydrogens (tertiary/aromatic N) is 1. The second-order valence-corrected chi connectivity index (χ2v) is 8.80. The monoisotopic (exact) mass is 427 g/mol. The van der Waals surface area contributed by atoms with E-state index in [0.717, 1.165) is 0 Å². The fraction of sp³-hybridized carbons (Fsp3) is 0.273. The summed E-state index contributed by atoms with van der Waals surface area (Å²) in [5.74, 6) is -0.0172. The lowest BCUT2D eigenvalue weighted by Gasteiger charge is -2.22. The number of carbonyl (C=O) groups excluding carboxylic acids is 1. The minimum Gasteiger partial charge on any atom is -0.494 e. The normalized spacial score (nSPS) is 12.7. The van der Waals surface area contributed by atoms with E-state index >= 15 is 0 Å². The topological polar surface area (TPSA) is 97.4 Å². The highest BCUT2D eigenvalue weighted by Gasteiger charge is 2.29. The highest BCUT2D eigenvalue weighted by molar-refractivity contribution is 7.89. The number of hydrogen-bond acceptors (Lipinski definition) is 5. The maximum atomic E-state index is 13.1. The first-order valence-corrected chi connectivity index (χ1v) is 11.2. The molecule has 2 aromatic carbocycles. The third kappa shape index (κ3) is 4.95. The van der Waals surface area contributed by atoms with Crippen molar-refractivity contribution in [3.8, 4) is 5.75 Å². The third-order valence-electron chi connectivity index (χ3n) is 4.55. The van der Waals surface area contributed by atoms with Crippen molar-refractivity contribution >= 4 is 32.5 Å². The average Bonchev–Trinajstić information content (AvgIpc) is 2.73. The summed E-state index contributed by atoms with van der Waals surface area (Å²) in [6.07, 6.45) is 1.54. The Balaban J connectivity index is 1.82. The summed E-state index contributed by atoms with van der Waals surface area (Å²) >= 11 is 0. The van der Waals surface area contributed by atoms with Gasteiger partial charge in [0.1, 0.15) is 16.7 Å². The molecule has 0 radical (unpaired) electrons. The van der Waals surface area contributed by atoms with Crippen LogP contribution in [0.4, 0.5) is 5.69 Å². The Morgan fingerprint density at radius 1 is 1.07 bits per heavy atom. The number of hydrogen-bond donors (Lipinski definition) is 2. The molecule has 0 unspecified atom stereocenters. The molecular formula is C22H25N3O4S. The molecule has 8 heteroatoms. The number of amides is 1. The summed E-state index contributed by atoms with van der Waals surface area (Å²) in [6.45, 7) is 6.00. The minimum absolute atomic E-state index is 0.0418. The van der Waals surface area contributed by atoms with Gasteiger partial charge in [0.15, 0.2) is 0 Å². The van der Waals surface area contributed by atoms with Crippen LogP contribution in [0.5, 0.6) is 5.75 Å². The van der Waals surface area contributed by atoms with Crippen LogP contribution < -0.4 is 14.8 Å². The van der Waals surface area contributed by atoms with Gasteiger partial charge in [0.25, 0.3) is 0 Å². The summed E-state index contributed by atoms with van der Waals surface area (Å²) < 4.78 is 34.1. The second-order valence-electron chi connectivity index (χ2n) is 7.12. The summed E-state index contributed by atoms with van der Waals surface area (Å²) in [6, 6.07) is 14.4. The van der Waals surface area contributed by atoms with E-state index in [9.17, 15) is 13.2 Å². The molecule has 1 heterocycles. The molecule has 1 aromatic heterocycles. The van der Waals surface area contributed by atoms with Crippen LogP contribution in [0.25, 0.3) is 10.9 Å². The Hall–Kier alpha value is -2.97. The molecule has 0 aliphatic rings. The summed E-state index contributed by atoms with van der Waals surface area (Å²) in [4.78, 5) is 17.1. The van der Waals surface area contributed by atoms with Gasteiger partial charge < -0.3 is 10.1 Å². The number of rotatable bonds is 8. The third-order valence-corrected chi connectivity index (χ3v) is 6.02. The number of sulfonamides is 1. The molecule has 0 saturated carbocycles. The molecule has 0 saturated heterocycles. The van der Waals surface area contributed by atoms with Crippen molar-refractivity contribution in [2.24, 2.45) is 5.92 Å². The number of para-hydroxylation sites is 1. The largest absolute Gasteiger partial charge is 0.494 e. The van der Waals surface area contributed by atoms with Crippen LogP contribution in [-0.2, 0) is 14.8 Å². The predicted octanol–water partition coefficient (Wildman–Crippen LogP) is 3.58. The molecule has 158 valence electrons. The van der Waals surface area contributed by atoms with Crippen LogP contribution in [0.3, 0.4) is 0 Å². The molecule has 0 aliphatic carbocycles. The van der Waals surface area contributed by atoms with Crippen LogP contribution in [0.15, 0.2) is 65.7 Å². The lowest BCUT2D eigenvalue weighted by Crippen LogP contribution is -2.47. The van der Waals surface area contributed by atoms with Gasteiger partial charge in [-0.3, -0.25) is 9.78 Å². The fourth-order valence-electron chi connectivity index (χ4n) is 3.04. The zero-order valence-corrected chi connectivity index (χ0v) is 17.9. The Kier molecular flexibility index (Phi) is 6.69.